The maximum atomic E-state index is 5.79. The van der Waals surface area contributed by atoms with Gasteiger partial charge in [0.1, 0.15) is 0 Å². The quantitative estimate of drug-likeness (QED) is 0.383. The number of hydrogen-bond donors (Lipinski definition) is 0. The van der Waals surface area contributed by atoms with E-state index in [2.05, 4.69) is 6.92 Å². The molecule has 0 N–H and O–H groups in total. The summed E-state index contributed by atoms with van der Waals surface area (Å²) in [6.07, 6.45) is 3.16. The van der Waals surface area contributed by atoms with E-state index in [0.29, 0.717) is 19.8 Å². The van der Waals surface area contributed by atoms with Crippen LogP contribution in [0, 0.1) is 0 Å². The highest BCUT2D eigenvalue weighted by molar-refractivity contribution is 6.60. The van der Waals surface area contributed by atoms with E-state index in [0.717, 1.165) is 38.5 Å². The zero-order chi connectivity index (χ0) is 13.7. The maximum absolute atomic E-state index is 5.79. The Kier molecular flexibility index (Phi) is 12.1. The molecule has 0 saturated carbocycles. The zero-order valence-corrected chi connectivity index (χ0v) is 13.5. The summed E-state index contributed by atoms with van der Waals surface area (Å²) in [7, 11) is -2.42. The molecule has 0 aliphatic heterocycles. The molecule has 0 spiro atoms. The van der Waals surface area contributed by atoms with Crippen LogP contribution in [0.4, 0.5) is 0 Å². The van der Waals surface area contributed by atoms with Crippen molar-refractivity contribution >= 4 is 8.80 Å². The molecule has 0 amide bonds. The summed E-state index contributed by atoms with van der Waals surface area (Å²) >= 11 is 0. The monoisotopic (exact) mass is 278 g/mol. The Morgan fingerprint density at radius 3 is 1.72 bits per heavy atom. The summed E-state index contributed by atoms with van der Waals surface area (Å²) in [5.74, 6) is 0. The van der Waals surface area contributed by atoms with E-state index in [1.807, 2.05) is 20.8 Å². The van der Waals surface area contributed by atoms with E-state index in [9.17, 15) is 0 Å². The minimum absolute atomic E-state index is 0.651. The first-order valence-corrected chi connectivity index (χ1v) is 9.17. The summed E-state index contributed by atoms with van der Waals surface area (Å²) in [5, 5.41) is 0. The topological polar surface area (TPSA) is 36.9 Å². The molecule has 0 aliphatic carbocycles. The Bertz CT molecular complexity index is 161. The van der Waals surface area contributed by atoms with E-state index < -0.39 is 8.80 Å². The van der Waals surface area contributed by atoms with Crippen molar-refractivity contribution < 1.29 is 18.0 Å². The first kappa shape index (κ1) is 18.1. The van der Waals surface area contributed by atoms with E-state index >= 15 is 0 Å². The summed E-state index contributed by atoms with van der Waals surface area (Å²) in [5.41, 5.74) is 0. The van der Waals surface area contributed by atoms with Gasteiger partial charge in [-0.1, -0.05) is 6.92 Å². The van der Waals surface area contributed by atoms with Crippen molar-refractivity contribution in [3.8, 4) is 0 Å². The third-order valence-corrected chi connectivity index (χ3v) is 5.61. The van der Waals surface area contributed by atoms with Crippen LogP contribution in [0.15, 0.2) is 0 Å². The fraction of sp³-hybridized carbons (Fsp3) is 1.00. The molecule has 0 aromatic rings. The van der Waals surface area contributed by atoms with Gasteiger partial charge in [-0.3, -0.25) is 0 Å². The van der Waals surface area contributed by atoms with Gasteiger partial charge in [0.2, 0.25) is 0 Å². The van der Waals surface area contributed by atoms with E-state index in [4.69, 9.17) is 18.0 Å². The second-order valence-corrected chi connectivity index (χ2v) is 6.78. The Morgan fingerprint density at radius 1 is 0.722 bits per heavy atom. The maximum Gasteiger partial charge on any atom is 0.500 e. The van der Waals surface area contributed by atoms with Crippen LogP contribution in [0.3, 0.4) is 0 Å². The highest BCUT2D eigenvalue weighted by Crippen LogP contribution is 2.19. The minimum atomic E-state index is -2.42. The van der Waals surface area contributed by atoms with Gasteiger partial charge in [0, 0.05) is 39.1 Å². The van der Waals surface area contributed by atoms with Crippen molar-refractivity contribution in [2.45, 2.75) is 53.0 Å². The Balaban J connectivity index is 3.97. The third kappa shape index (κ3) is 8.21. The van der Waals surface area contributed by atoms with Crippen LogP contribution in [0.2, 0.25) is 6.04 Å². The number of ether oxygens (including phenoxy) is 1. The fourth-order valence-corrected chi connectivity index (χ4v) is 4.48. The molecule has 0 aromatic heterocycles. The molecule has 0 fully saturated rings. The van der Waals surface area contributed by atoms with Crippen LogP contribution in [0.1, 0.15) is 47.0 Å². The Labute approximate surface area is 113 Å². The van der Waals surface area contributed by atoms with Crippen molar-refractivity contribution in [3.63, 3.8) is 0 Å². The van der Waals surface area contributed by atoms with Crippen molar-refractivity contribution in [2.75, 3.05) is 33.0 Å². The Hall–Kier alpha value is 0.0569. The predicted molar refractivity (Wildman–Crippen MR) is 75.8 cm³/mol. The van der Waals surface area contributed by atoms with Crippen LogP contribution in [0.25, 0.3) is 0 Å². The van der Waals surface area contributed by atoms with Crippen molar-refractivity contribution in [1.82, 2.24) is 0 Å². The number of rotatable bonds is 13. The molecule has 5 heteroatoms. The highest BCUT2D eigenvalue weighted by atomic mass is 28.4. The molecule has 0 unspecified atom stereocenters. The molecule has 110 valence electrons. The van der Waals surface area contributed by atoms with Gasteiger partial charge in [0.15, 0.2) is 0 Å². The van der Waals surface area contributed by atoms with Crippen LogP contribution in [-0.2, 0) is 18.0 Å². The summed E-state index contributed by atoms with van der Waals surface area (Å²) in [6.45, 7) is 11.7. The molecule has 18 heavy (non-hydrogen) atoms. The first-order valence-electron chi connectivity index (χ1n) is 7.24. The summed E-state index contributed by atoms with van der Waals surface area (Å²) in [6, 6.07) is 0.887. The molecular formula is C13H30O4Si. The lowest BCUT2D eigenvalue weighted by Gasteiger charge is -2.28. The zero-order valence-electron chi connectivity index (χ0n) is 12.5. The van der Waals surface area contributed by atoms with Crippen molar-refractivity contribution in [2.24, 2.45) is 0 Å². The van der Waals surface area contributed by atoms with Gasteiger partial charge < -0.3 is 18.0 Å². The largest absolute Gasteiger partial charge is 0.500 e. The second kappa shape index (κ2) is 12.1. The van der Waals surface area contributed by atoms with Crippen molar-refractivity contribution in [1.29, 1.82) is 0 Å². The Morgan fingerprint density at radius 2 is 1.28 bits per heavy atom. The van der Waals surface area contributed by atoms with Gasteiger partial charge >= 0.3 is 8.80 Å². The molecule has 0 radical (unpaired) electrons. The molecule has 0 rings (SSSR count). The van der Waals surface area contributed by atoms with Gasteiger partial charge in [-0.05, 0) is 40.0 Å². The highest BCUT2D eigenvalue weighted by Gasteiger charge is 2.39. The molecular weight excluding hydrogens is 248 g/mol. The molecule has 4 nitrogen and oxygen atoms in total. The molecule has 0 aliphatic rings. The predicted octanol–water partition coefficient (Wildman–Crippen LogP) is 3.24. The normalized spacial score (nSPS) is 12.0. The van der Waals surface area contributed by atoms with Crippen LogP contribution in [0.5, 0.6) is 0 Å². The standard InChI is InChI=1S/C13H30O4Si/c1-5-11-14-12-9-10-13-18(15-6-2,16-7-3)17-8-4/h5-13H2,1-4H3. The molecule has 0 saturated heterocycles. The average molecular weight is 278 g/mol. The molecule has 0 atom stereocenters. The van der Waals surface area contributed by atoms with Gasteiger partial charge in [-0.25, -0.2) is 0 Å². The van der Waals surface area contributed by atoms with Gasteiger partial charge in [0.05, 0.1) is 0 Å². The van der Waals surface area contributed by atoms with Gasteiger partial charge in [-0.2, -0.15) is 0 Å². The molecule has 0 bridgehead atoms. The third-order valence-electron chi connectivity index (χ3n) is 2.46. The second-order valence-electron chi connectivity index (χ2n) is 4.05. The van der Waals surface area contributed by atoms with Gasteiger partial charge in [0.25, 0.3) is 0 Å². The summed E-state index contributed by atoms with van der Waals surface area (Å²) < 4.78 is 22.8. The minimum Gasteiger partial charge on any atom is -0.381 e. The summed E-state index contributed by atoms with van der Waals surface area (Å²) in [4.78, 5) is 0. The number of unbranched alkanes of at least 4 members (excludes halogenated alkanes) is 1. The van der Waals surface area contributed by atoms with Crippen molar-refractivity contribution in [3.05, 3.63) is 0 Å². The fourth-order valence-electron chi connectivity index (χ4n) is 1.79. The SMILES string of the molecule is CCCOCCCC[Si](OCC)(OCC)OCC. The number of hydrogen-bond acceptors (Lipinski definition) is 4. The van der Waals surface area contributed by atoms with E-state index in [1.54, 1.807) is 0 Å². The smallest absolute Gasteiger partial charge is 0.381 e. The average Bonchev–Trinajstić information content (AvgIpc) is 2.35. The molecule has 0 aromatic carbocycles. The van der Waals surface area contributed by atoms with E-state index in [1.165, 1.54) is 0 Å². The van der Waals surface area contributed by atoms with Crippen LogP contribution >= 0.6 is 0 Å². The lowest BCUT2D eigenvalue weighted by molar-refractivity contribution is 0.0693. The van der Waals surface area contributed by atoms with Crippen LogP contribution < -0.4 is 0 Å². The van der Waals surface area contributed by atoms with E-state index in [-0.39, 0.29) is 0 Å². The molecule has 0 heterocycles. The lowest BCUT2D eigenvalue weighted by Crippen LogP contribution is -2.45. The van der Waals surface area contributed by atoms with Gasteiger partial charge in [-0.15, -0.1) is 0 Å². The first-order chi connectivity index (χ1) is 8.74. The van der Waals surface area contributed by atoms with Crippen LogP contribution in [-0.4, -0.2) is 41.8 Å². The lowest BCUT2D eigenvalue weighted by atomic mass is 10.3.